The first-order valence-electron chi connectivity index (χ1n) is 8.34. The van der Waals surface area contributed by atoms with Crippen molar-refractivity contribution in [2.45, 2.75) is 46.3 Å². The van der Waals surface area contributed by atoms with E-state index in [2.05, 4.69) is 27.7 Å². The number of tetrazole rings is 1. The van der Waals surface area contributed by atoms with Gasteiger partial charge in [-0.05, 0) is 37.5 Å². The molecule has 130 valence electrons. The monoisotopic (exact) mass is 331 g/mol. The number of amides is 1. The second kappa shape index (κ2) is 9.12. The molecule has 0 atom stereocenters. The molecule has 0 saturated heterocycles. The van der Waals surface area contributed by atoms with Gasteiger partial charge in [0.15, 0.2) is 0 Å². The zero-order valence-corrected chi connectivity index (χ0v) is 14.5. The number of hydrogen-bond acceptors (Lipinski definition) is 5. The fraction of sp³-hybridized carbons (Fsp3) is 0.529. The van der Waals surface area contributed by atoms with E-state index in [1.165, 1.54) is 10.4 Å². The molecule has 7 nitrogen and oxygen atoms in total. The Morgan fingerprint density at radius 2 is 2.04 bits per heavy atom. The van der Waals surface area contributed by atoms with Gasteiger partial charge in [-0.15, -0.1) is 10.2 Å². The molecule has 1 heterocycles. The highest BCUT2D eigenvalue weighted by Crippen LogP contribution is 2.14. The van der Waals surface area contributed by atoms with E-state index in [0.29, 0.717) is 19.0 Å². The molecule has 0 radical (unpaired) electrons. The van der Waals surface area contributed by atoms with Gasteiger partial charge in [0.2, 0.25) is 11.7 Å². The van der Waals surface area contributed by atoms with Gasteiger partial charge >= 0.3 is 0 Å². The zero-order chi connectivity index (χ0) is 17.4. The molecule has 2 aromatic rings. The SMILES string of the molecule is CCc1ccc(-c2nnn(CC(=O)NCCCOC(C)C)n2)cc1. The van der Waals surface area contributed by atoms with Crippen LogP contribution in [0.5, 0.6) is 0 Å². The summed E-state index contributed by atoms with van der Waals surface area (Å²) in [7, 11) is 0. The number of aryl methyl sites for hydroxylation is 1. The van der Waals surface area contributed by atoms with Crippen LogP contribution in [-0.4, -0.2) is 45.4 Å². The molecule has 1 amide bonds. The van der Waals surface area contributed by atoms with E-state index in [1.54, 1.807) is 0 Å². The van der Waals surface area contributed by atoms with Crippen LogP contribution in [0.2, 0.25) is 0 Å². The van der Waals surface area contributed by atoms with Crippen LogP contribution in [0.4, 0.5) is 0 Å². The van der Waals surface area contributed by atoms with Crippen molar-refractivity contribution >= 4 is 5.91 Å². The molecule has 0 spiro atoms. The van der Waals surface area contributed by atoms with Crippen molar-refractivity contribution in [2.75, 3.05) is 13.2 Å². The Morgan fingerprint density at radius 1 is 1.29 bits per heavy atom. The normalized spacial score (nSPS) is 11.0. The predicted octanol–water partition coefficient (Wildman–Crippen LogP) is 1.83. The molecule has 1 N–H and O–H groups in total. The summed E-state index contributed by atoms with van der Waals surface area (Å²) in [5.74, 6) is 0.389. The third-order valence-corrected chi connectivity index (χ3v) is 3.45. The van der Waals surface area contributed by atoms with Crippen molar-refractivity contribution in [2.24, 2.45) is 0 Å². The van der Waals surface area contributed by atoms with Crippen molar-refractivity contribution in [3.05, 3.63) is 29.8 Å². The Labute approximate surface area is 142 Å². The van der Waals surface area contributed by atoms with Crippen molar-refractivity contribution < 1.29 is 9.53 Å². The van der Waals surface area contributed by atoms with Crippen LogP contribution in [0.25, 0.3) is 11.4 Å². The van der Waals surface area contributed by atoms with Crippen molar-refractivity contribution in [3.63, 3.8) is 0 Å². The second-order valence-electron chi connectivity index (χ2n) is 5.82. The first-order valence-corrected chi connectivity index (χ1v) is 8.34. The first-order chi connectivity index (χ1) is 11.6. The predicted molar refractivity (Wildman–Crippen MR) is 91.3 cm³/mol. The standard InChI is InChI=1S/C17H25N5O2/c1-4-14-6-8-15(9-7-14)17-19-21-22(20-17)12-16(23)18-10-5-11-24-13(2)3/h6-9,13H,4-5,10-12H2,1-3H3,(H,18,23). The minimum atomic E-state index is -0.134. The van der Waals surface area contributed by atoms with Crippen LogP contribution in [-0.2, 0) is 22.5 Å². The molecule has 0 aliphatic carbocycles. The third kappa shape index (κ3) is 5.73. The molecule has 1 aromatic heterocycles. The maximum Gasteiger partial charge on any atom is 0.243 e. The molecule has 0 aliphatic heterocycles. The highest BCUT2D eigenvalue weighted by molar-refractivity contribution is 5.75. The van der Waals surface area contributed by atoms with Crippen LogP contribution in [0.1, 0.15) is 32.8 Å². The molecular formula is C17H25N5O2. The van der Waals surface area contributed by atoms with Crippen molar-refractivity contribution in [1.82, 2.24) is 25.5 Å². The Balaban J connectivity index is 1.79. The Hall–Kier alpha value is -2.28. The van der Waals surface area contributed by atoms with E-state index in [-0.39, 0.29) is 18.6 Å². The zero-order valence-electron chi connectivity index (χ0n) is 14.5. The molecule has 1 aromatic carbocycles. The van der Waals surface area contributed by atoms with Crippen molar-refractivity contribution in [1.29, 1.82) is 0 Å². The number of hydrogen-bond donors (Lipinski definition) is 1. The van der Waals surface area contributed by atoms with Crippen LogP contribution < -0.4 is 5.32 Å². The van der Waals surface area contributed by atoms with Crippen LogP contribution >= 0.6 is 0 Å². The summed E-state index contributed by atoms with van der Waals surface area (Å²) in [4.78, 5) is 13.2. The smallest absolute Gasteiger partial charge is 0.243 e. The summed E-state index contributed by atoms with van der Waals surface area (Å²) >= 11 is 0. The molecule has 0 saturated carbocycles. The summed E-state index contributed by atoms with van der Waals surface area (Å²) in [5.41, 5.74) is 2.15. The van der Waals surface area contributed by atoms with Crippen LogP contribution in [0, 0.1) is 0 Å². The van der Waals surface area contributed by atoms with Crippen LogP contribution in [0.15, 0.2) is 24.3 Å². The lowest BCUT2D eigenvalue weighted by Crippen LogP contribution is -2.30. The Morgan fingerprint density at radius 3 is 2.71 bits per heavy atom. The van der Waals surface area contributed by atoms with Gasteiger partial charge in [0, 0.05) is 18.7 Å². The average Bonchev–Trinajstić information content (AvgIpc) is 3.02. The number of carbonyl (C=O) groups excluding carboxylic acids is 1. The summed E-state index contributed by atoms with van der Waals surface area (Å²) in [6, 6.07) is 8.02. The number of benzene rings is 1. The molecular weight excluding hydrogens is 306 g/mol. The summed E-state index contributed by atoms with van der Waals surface area (Å²) in [5, 5.41) is 15.0. The minimum Gasteiger partial charge on any atom is -0.379 e. The minimum absolute atomic E-state index is 0.0606. The molecule has 0 unspecified atom stereocenters. The topological polar surface area (TPSA) is 81.9 Å². The van der Waals surface area contributed by atoms with Gasteiger partial charge in [0.25, 0.3) is 0 Å². The van der Waals surface area contributed by atoms with Crippen molar-refractivity contribution in [3.8, 4) is 11.4 Å². The van der Waals surface area contributed by atoms with Gasteiger partial charge in [0.05, 0.1) is 6.10 Å². The van der Waals surface area contributed by atoms with Gasteiger partial charge < -0.3 is 10.1 Å². The molecule has 0 aliphatic rings. The second-order valence-corrected chi connectivity index (χ2v) is 5.82. The van der Waals surface area contributed by atoms with E-state index in [0.717, 1.165) is 18.4 Å². The molecule has 24 heavy (non-hydrogen) atoms. The van der Waals surface area contributed by atoms with Crippen LogP contribution in [0.3, 0.4) is 0 Å². The molecule has 0 bridgehead atoms. The fourth-order valence-corrected chi connectivity index (χ4v) is 2.12. The van der Waals surface area contributed by atoms with Gasteiger partial charge in [0.1, 0.15) is 6.54 Å². The third-order valence-electron chi connectivity index (χ3n) is 3.45. The lowest BCUT2D eigenvalue weighted by Gasteiger charge is -2.07. The number of ether oxygens (including phenoxy) is 1. The highest BCUT2D eigenvalue weighted by Gasteiger charge is 2.09. The average molecular weight is 331 g/mol. The maximum absolute atomic E-state index is 11.9. The fourth-order valence-electron chi connectivity index (χ4n) is 2.12. The Bertz CT molecular complexity index is 637. The molecule has 0 fully saturated rings. The number of nitrogens with zero attached hydrogens (tertiary/aromatic N) is 4. The number of carbonyl (C=O) groups is 1. The molecule has 2 rings (SSSR count). The quantitative estimate of drug-likeness (QED) is 0.709. The number of aromatic nitrogens is 4. The van der Waals surface area contributed by atoms with Gasteiger partial charge in [-0.2, -0.15) is 4.80 Å². The van der Waals surface area contributed by atoms with Gasteiger partial charge in [-0.3, -0.25) is 4.79 Å². The highest BCUT2D eigenvalue weighted by atomic mass is 16.5. The number of rotatable bonds is 9. The Kier molecular flexibility index (Phi) is 6.87. The summed E-state index contributed by atoms with van der Waals surface area (Å²) < 4.78 is 5.42. The van der Waals surface area contributed by atoms with E-state index in [1.807, 2.05) is 38.1 Å². The number of nitrogens with one attached hydrogen (secondary N) is 1. The first kappa shape index (κ1) is 18.1. The maximum atomic E-state index is 11.9. The lowest BCUT2D eigenvalue weighted by molar-refractivity contribution is -0.122. The molecule has 7 heteroatoms. The largest absolute Gasteiger partial charge is 0.379 e. The van der Waals surface area contributed by atoms with Gasteiger partial charge in [-0.25, -0.2) is 0 Å². The summed E-state index contributed by atoms with van der Waals surface area (Å²) in [6.45, 7) is 7.36. The van der Waals surface area contributed by atoms with Gasteiger partial charge in [-0.1, -0.05) is 31.2 Å². The van der Waals surface area contributed by atoms with E-state index in [4.69, 9.17) is 4.74 Å². The van der Waals surface area contributed by atoms with E-state index >= 15 is 0 Å². The van der Waals surface area contributed by atoms with E-state index in [9.17, 15) is 4.79 Å². The summed E-state index contributed by atoms with van der Waals surface area (Å²) in [6.07, 6.45) is 1.98. The lowest BCUT2D eigenvalue weighted by atomic mass is 10.1. The van der Waals surface area contributed by atoms with E-state index < -0.39 is 0 Å².